The minimum absolute atomic E-state index is 0.104. The van der Waals surface area contributed by atoms with Gasteiger partial charge in [0.1, 0.15) is 6.04 Å². The van der Waals surface area contributed by atoms with E-state index in [2.05, 4.69) is 10.0 Å². The van der Waals surface area contributed by atoms with E-state index < -0.39 is 27.9 Å². The van der Waals surface area contributed by atoms with E-state index in [1.54, 1.807) is 32.0 Å². The maximum Gasteiger partial charge on any atom is 0.326 e. The smallest absolute Gasteiger partial charge is 0.326 e. The Morgan fingerprint density at radius 1 is 1.18 bits per heavy atom. The molecule has 0 bridgehead atoms. The average molecular weight is 328 g/mol. The molecule has 7 nitrogen and oxygen atoms in total. The van der Waals surface area contributed by atoms with E-state index >= 15 is 0 Å². The van der Waals surface area contributed by atoms with Crippen LogP contribution >= 0.6 is 0 Å². The quantitative estimate of drug-likeness (QED) is 0.646. The molecule has 1 rings (SSSR count). The maximum atomic E-state index is 11.9. The first-order chi connectivity index (χ1) is 10.2. The fourth-order valence-corrected chi connectivity index (χ4v) is 2.79. The van der Waals surface area contributed by atoms with Crippen molar-refractivity contribution in [3.8, 4) is 0 Å². The first-order valence-electron chi connectivity index (χ1n) is 6.81. The van der Waals surface area contributed by atoms with Gasteiger partial charge < -0.3 is 10.4 Å². The van der Waals surface area contributed by atoms with E-state index in [0.29, 0.717) is 0 Å². The van der Waals surface area contributed by atoms with Gasteiger partial charge in [-0.1, -0.05) is 32.0 Å². The van der Waals surface area contributed by atoms with Gasteiger partial charge in [-0.3, -0.25) is 4.79 Å². The molecule has 0 radical (unpaired) electrons. The number of carbonyl (C=O) groups is 2. The van der Waals surface area contributed by atoms with Crippen LogP contribution in [-0.2, 0) is 19.6 Å². The first kappa shape index (κ1) is 18.1. The molecule has 122 valence electrons. The number of carboxylic acids is 1. The molecule has 1 aromatic carbocycles. The predicted molar refractivity (Wildman–Crippen MR) is 80.7 cm³/mol. The Labute approximate surface area is 129 Å². The molecule has 0 saturated heterocycles. The Morgan fingerprint density at radius 3 is 2.27 bits per heavy atom. The largest absolute Gasteiger partial charge is 0.480 e. The highest BCUT2D eigenvalue weighted by atomic mass is 32.2. The molecule has 0 heterocycles. The van der Waals surface area contributed by atoms with Crippen molar-refractivity contribution < 1.29 is 23.1 Å². The third-order valence-electron chi connectivity index (χ3n) is 2.95. The molecule has 0 saturated carbocycles. The van der Waals surface area contributed by atoms with Crippen LogP contribution in [-0.4, -0.2) is 38.0 Å². The number of carbonyl (C=O) groups excluding carboxylic acids is 1. The fraction of sp³-hybridized carbons (Fsp3) is 0.429. The van der Waals surface area contributed by atoms with Crippen LogP contribution in [0, 0.1) is 5.92 Å². The van der Waals surface area contributed by atoms with Gasteiger partial charge in [0.25, 0.3) is 0 Å². The molecule has 0 aliphatic heterocycles. The number of carboxylic acid groups (broad SMARTS) is 1. The summed E-state index contributed by atoms with van der Waals surface area (Å²) in [5.41, 5.74) is 0. The highest BCUT2D eigenvalue weighted by molar-refractivity contribution is 7.89. The molecular formula is C14H20N2O5S. The second-order valence-corrected chi connectivity index (χ2v) is 6.86. The van der Waals surface area contributed by atoms with Gasteiger partial charge in [0, 0.05) is 13.0 Å². The second-order valence-electron chi connectivity index (χ2n) is 5.09. The van der Waals surface area contributed by atoms with Crippen molar-refractivity contribution in [2.24, 2.45) is 5.92 Å². The number of hydrogen-bond donors (Lipinski definition) is 3. The van der Waals surface area contributed by atoms with E-state index in [1.165, 1.54) is 12.1 Å². The summed E-state index contributed by atoms with van der Waals surface area (Å²) in [4.78, 5) is 22.8. The number of hydrogen-bond acceptors (Lipinski definition) is 4. The summed E-state index contributed by atoms with van der Waals surface area (Å²) in [5.74, 6) is -1.90. The van der Waals surface area contributed by atoms with Gasteiger partial charge in [0.05, 0.1) is 4.90 Å². The Kier molecular flexibility index (Phi) is 6.51. The Morgan fingerprint density at radius 2 is 1.77 bits per heavy atom. The molecule has 1 amide bonds. The molecule has 0 aliphatic rings. The average Bonchev–Trinajstić information content (AvgIpc) is 2.45. The SMILES string of the molecule is CC(C)[C@H](NC(=O)CCNS(=O)(=O)c1ccccc1)C(=O)O. The van der Waals surface area contributed by atoms with Gasteiger partial charge in [-0.05, 0) is 18.1 Å². The maximum absolute atomic E-state index is 11.9. The first-order valence-corrected chi connectivity index (χ1v) is 8.29. The van der Waals surface area contributed by atoms with E-state index in [1.807, 2.05) is 0 Å². The van der Waals surface area contributed by atoms with Crippen molar-refractivity contribution in [3.63, 3.8) is 0 Å². The van der Waals surface area contributed by atoms with Crippen molar-refractivity contribution in [2.75, 3.05) is 6.54 Å². The van der Waals surface area contributed by atoms with Crippen molar-refractivity contribution in [3.05, 3.63) is 30.3 Å². The molecule has 3 N–H and O–H groups in total. The van der Waals surface area contributed by atoms with Crippen LogP contribution in [0.2, 0.25) is 0 Å². The van der Waals surface area contributed by atoms with Crippen molar-refractivity contribution in [2.45, 2.75) is 31.2 Å². The number of benzene rings is 1. The summed E-state index contributed by atoms with van der Waals surface area (Å²) in [6.45, 7) is 3.25. The Balaban J connectivity index is 2.50. The van der Waals surface area contributed by atoms with Crippen LogP contribution in [0.5, 0.6) is 0 Å². The van der Waals surface area contributed by atoms with Gasteiger partial charge in [0.15, 0.2) is 0 Å². The molecular weight excluding hydrogens is 308 g/mol. The number of sulfonamides is 1. The predicted octanol–water partition coefficient (Wildman–Crippen LogP) is 0.580. The van der Waals surface area contributed by atoms with E-state index in [9.17, 15) is 18.0 Å². The Bertz CT molecular complexity index is 613. The van der Waals surface area contributed by atoms with Crippen LogP contribution in [0.25, 0.3) is 0 Å². The van der Waals surface area contributed by atoms with Crippen LogP contribution < -0.4 is 10.0 Å². The lowest BCUT2D eigenvalue weighted by Gasteiger charge is -2.17. The summed E-state index contributed by atoms with van der Waals surface area (Å²) in [7, 11) is -3.66. The van der Waals surface area contributed by atoms with E-state index in [4.69, 9.17) is 5.11 Å². The topological polar surface area (TPSA) is 113 Å². The molecule has 1 atom stereocenters. The van der Waals surface area contributed by atoms with Gasteiger partial charge >= 0.3 is 5.97 Å². The fourth-order valence-electron chi connectivity index (χ4n) is 1.74. The Hall–Kier alpha value is -1.93. The summed E-state index contributed by atoms with van der Waals surface area (Å²) in [5, 5.41) is 11.3. The van der Waals surface area contributed by atoms with E-state index in [-0.39, 0.29) is 23.8 Å². The van der Waals surface area contributed by atoms with Gasteiger partial charge in [0.2, 0.25) is 15.9 Å². The number of amides is 1. The number of nitrogens with one attached hydrogen (secondary N) is 2. The van der Waals surface area contributed by atoms with Gasteiger partial charge in [-0.15, -0.1) is 0 Å². The van der Waals surface area contributed by atoms with Crippen LogP contribution in [0.15, 0.2) is 35.2 Å². The highest BCUT2D eigenvalue weighted by Crippen LogP contribution is 2.07. The lowest BCUT2D eigenvalue weighted by Crippen LogP contribution is -2.45. The van der Waals surface area contributed by atoms with Crippen molar-refractivity contribution in [1.82, 2.24) is 10.0 Å². The lowest BCUT2D eigenvalue weighted by atomic mass is 10.0. The third-order valence-corrected chi connectivity index (χ3v) is 4.42. The number of rotatable bonds is 8. The molecule has 8 heteroatoms. The monoisotopic (exact) mass is 328 g/mol. The molecule has 1 aromatic rings. The van der Waals surface area contributed by atoms with Crippen LogP contribution in [0.1, 0.15) is 20.3 Å². The molecule has 0 aromatic heterocycles. The third kappa shape index (κ3) is 5.45. The summed E-state index contributed by atoms with van der Waals surface area (Å²) in [6.07, 6.45) is -0.136. The molecule has 0 aliphatic carbocycles. The van der Waals surface area contributed by atoms with E-state index in [0.717, 1.165) is 0 Å². The zero-order valence-corrected chi connectivity index (χ0v) is 13.3. The second kappa shape index (κ2) is 7.90. The minimum atomic E-state index is -3.66. The summed E-state index contributed by atoms with van der Waals surface area (Å²) >= 11 is 0. The molecule has 0 unspecified atom stereocenters. The minimum Gasteiger partial charge on any atom is -0.480 e. The zero-order chi connectivity index (χ0) is 16.8. The number of aliphatic carboxylic acids is 1. The summed E-state index contributed by atoms with van der Waals surface area (Å²) in [6, 6.07) is 6.80. The molecule has 0 fully saturated rings. The normalized spacial score (nSPS) is 12.9. The lowest BCUT2D eigenvalue weighted by molar-refractivity contribution is -0.143. The molecule has 22 heavy (non-hydrogen) atoms. The van der Waals surface area contributed by atoms with Crippen LogP contribution in [0.4, 0.5) is 0 Å². The standard InChI is InChI=1S/C14H20N2O5S/c1-10(2)13(14(18)19)16-12(17)8-9-15-22(20,21)11-6-4-3-5-7-11/h3-7,10,13,15H,8-9H2,1-2H3,(H,16,17)(H,18,19)/t13-/m0/s1. The summed E-state index contributed by atoms with van der Waals surface area (Å²) < 4.78 is 26.1. The van der Waals surface area contributed by atoms with Gasteiger partial charge in [-0.25, -0.2) is 17.9 Å². The van der Waals surface area contributed by atoms with Gasteiger partial charge in [-0.2, -0.15) is 0 Å². The van der Waals surface area contributed by atoms with Crippen molar-refractivity contribution >= 4 is 21.9 Å². The van der Waals surface area contributed by atoms with Crippen LogP contribution in [0.3, 0.4) is 0 Å². The highest BCUT2D eigenvalue weighted by Gasteiger charge is 2.23. The molecule has 0 spiro atoms. The van der Waals surface area contributed by atoms with Crippen molar-refractivity contribution in [1.29, 1.82) is 0 Å². The zero-order valence-electron chi connectivity index (χ0n) is 12.4.